The highest BCUT2D eigenvalue weighted by Gasteiger charge is 2.76. The van der Waals surface area contributed by atoms with Crippen LogP contribution in [0.4, 0.5) is 0 Å². The molecule has 31 heavy (non-hydrogen) atoms. The molecule has 0 heterocycles. The van der Waals surface area contributed by atoms with Gasteiger partial charge in [-0.3, -0.25) is 14.4 Å². The number of ether oxygens (including phenoxy) is 1. The Kier molecular flexibility index (Phi) is 5.12. The first kappa shape index (κ1) is 22.7. The molecule has 0 aliphatic heterocycles. The molecule has 0 bridgehead atoms. The largest absolute Gasteiger partial charge is 0.450 e. The van der Waals surface area contributed by atoms with Crippen LogP contribution >= 0.6 is 11.6 Å². The van der Waals surface area contributed by atoms with Crippen molar-refractivity contribution in [1.29, 1.82) is 0 Å². The van der Waals surface area contributed by atoms with Crippen LogP contribution in [0.25, 0.3) is 0 Å². The van der Waals surface area contributed by atoms with E-state index in [9.17, 15) is 24.6 Å². The molecule has 2 unspecified atom stereocenters. The second-order valence-electron chi connectivity index (χ2n) is 10.3. The lowest BCUT2D eigenvalue weighted by Crippen LogP contribution is -2.69. The summed E-state index contributed by atoms with van der Waals surface area (Å²) in [7, 11) is 0. The Balaban J connectivity index is 1.86. The summed E-state index contributed by atoms with van der Waals surface area (Å²) < 4.78 is 5.77. The second kappa shape index (κ2) is 7.00. The van der Waals surface area contributed by atoms with E-state index < -0.39 is 45.8 Å². The molecule has 0 aromatic rings. The summed E-state index contributed by atoms with van der Waals surface area (Å²) >= 11 is 7.38. The summed E-state index contributed by atoms with van der Waals surface area (Å²) in [6.45, 7) is 6.28. The number of esters is 1. The number of aliphatic hydroxyl groups excluding tert-OH is 2. The van der Waals surface area contributed by atoms with Crippen LogP contribution in [-0.2, 0) is 19.1 Å². The van der Waals surface area contributed by atoms with E-state index >= 15 is 0 Å². The van der Waals surface area contributed by atoms with Gasteiger partial charge in [-0.25, -0.2) is 0 Å². The van der Waals surface area contributed by atoms with Gasteiger partial charge in [0, 0.05) is 23.7 Å². The average molecular weight is 451 g/mol. The van der Waals surface area contributed by atoms with E-state index in [2.05, 4.69) is 0 Å². The highest BCUT2D eigenvalue weighted by molar-refractivity contribution is 6.26. The van der Waals surface area contributed by atoms with Crippen molar-refractivity contribution in [3.8, 4) is 0 Å². The molecule has 3 saturated carbocycles. The molecule has 0 amide bonds. The van der Waals surface area contributed by atoms with Crippen LogP contribution in [0.3, 0.4) is 0 Å². The Labute approximate surface area is 187 Å². The van der Waals surface area contributed by atoms with Gasteiger partial charge in [0.2, 0.25) is 5.78 Å². The molecular weight excluding hydrogens is 420 g/mol. The van der Waals surface area contributed by atoms with Gasteiger partial charge < -0.3 is 14.9 Å². The molecule has 0 saturated heterocycles. The Morgan fingerprint density at radius 2 is 1.97 bits per heavy atom. The van der Waals surface area contributed by atoms with Crippen LogP contribution in [0, 0.1) is 28.6 Å². The molecule has 0 spiro atoms. The third kappa shape index (κ3) is 2.61. The van der Waals surface area contributed by atoms with Crippen molar-refractivity contribution < 1.29 is 29.3 Å². The Morgan fingerprint density at radius 3 is 2.58 bits per heavy atom. The fourth-order valence-electron chi connectivity index (χ4n) is 7.74. The maximum absolute atomic E-state index is 13.1. The maximum atomic E-state index is 13.1. The smallest absolute Gasteiger partial charge is 0.303 e. The molecule has 7 heteroatoms. The number of carbonyl (C=O) groups excluding carboxylic acids is 3. The zero-order valence-electron chi connectivity index (χ0n) is 18.5. The van der Waals surface area contributed by atoms with Crippen LogP contribution < -0.4 is 0 Å². The van der Waals surface area contributed by atoms with Crippen LogP contribution in [0.15, 0.2) is 23.8 Å². The summed E-state index contributed by atoms with van der Waals surface area (Å²) in [6, 6.07) is 0. The maximum Gasteiger partial charge on any atom is 0.303 e. The van der Waals surface area contributed by atoms with E-state index in [-0.39, 0.29) is 30.0 Å². The summed E-state index contributed by atoms with van der Waals surface area (Å²) in [6.07, 6.45) is 6.08. The van der Waals surface area contributed by atoms with Gasteiger partial charge in [0.05, 0.1) is 11.0 Å². The number of Topliss-reactive ketones (excluding diaryl/α,β-unsaturated/α-hetero) is 1. The number of aliphatic hydroxyl groups is 2. The topological polar surface area (TPSA) is 101 Å². The zero-order chi connectivity index (χ0) is 23.0. The van der Waals surface area contributed by atoms with E-state index in [0.717, 1.165) is 5.57 Å². The quantitative estimate of drug-likeness (QED) is 0.506. The summed E-state index contributed by atoms with van der Waals surface area (Å²) in [5, 5.41) is 21.3. The van der Waals surface area contributed by atoms with E-state index in [1.807, 2.05) is 26.8 Å². The predicted molar refractivity (Wildman–Crippen MR) is 114 cm³/mol. The first-order chi connectivity index (χ1) is 14.4. The number of rotatable bonds is 3. The van der Waals surface area contributed by atoms with Gasteiger partial charge in [-0.05, 0) is 49.7 Å². The van der Waals surface area contributed by atoms with Gasteiger partial charge in [0.25, 0.3) is 0 Å². The average Bonchev–Trinajstić information content (AvgIpc) is 2.90. The van der Waals surface area contributed by atoms with Crippen LogP contribution in [0.5, 0.6) is 0 Å². The molecule has 4 rings (SSSR count). The molecule has 6 nitrogen and oxygen atoms in total. The second-order valence-corrected chi connectivity index (χ2v) is 10.9. The van der Waals surface area contributed by atoms with Crippen molar-refractivity contribution in [2.45, 2.75) is 70.0 Å². The van der Waals surface area contributed by atoms with E-state index in [0.29, 0.717) is 19.3 Å². The number of carbonyl (C=O) groups is 3. The van der Waals surface area contributed by atoms with Gasteiger partial charge in [0.15, 0.2) is 11.4 Å². The molecule has 8 atom stereocenters. The highest BCUT2D eigenvalue weighted by atomic mass is 35.5. The van der Waals surface area contributed by atoms with Crippen molar-refractivity contribution in [2.24, 2.45) is 28.6 Å². The Bertz CT molecular complexity index is 910. The third-order valence-electron chi connectivity index (χ3n) is 9.04. The van der Waals surface area contributed by atoms with Crippen molar-refractivity contribution in [1.82, 2.24) is 0 Å². The van der Waals surface area contributed by atoms with E-state index in [1.165, 1.54) is 13.0 Å². The number of alkyl halides is 1. The molecule has 4 aliphatic rings. The molecule has 3 fully saturated rings. The normalized spacial score (nSPS) is 48.4. The number of allylic oxidation sites excluding steroid dienone is 4. The summed E-state index contributed by atoms with van der Waals surface area (Å²) in [4.78, 5) is 36.2. The van der Waals surface area contributed by atoms with Gasteiger partial charge >= 0.3 is 5.97 Å². The van der Waals surface area contributed by atoms with Crippen LogP contribution in [0.2, 0.25) is 0 Å². The number of hydrogen-bond donors (Lipinski definition) is 2. The lowest BCUT2D eigenvalue weighted by Gasteiger charge is -2.64. The van der Waals surface area contributed by atoms with Crippen LogP contribution in [0.1, 0.15) is 53.4 Å². The number of hydrogen-bond acceptors (Lipinski definition) is 6. The standard InChI is InChI=1S/C24H31ClO6/c1-13-9-18-17-6-5-15-10-16(28)7-8-21(15,3)23(17,25)19(29)11-22(18,4)24(13,20(30)12-26)31-14(2)27/h7-8,10,13,17-19,26,29H,5-6,9,11-12H2,1-4H3/t13?,17-,18-,19?,21-,22-,23-,24-/m0/s1. The van der Waals surface area contributed by atoms with Gasteiger partial charge in [0.1, 0.15) is 6.61 Å². The molecule has 0 radical (unpaired) electrons. The van der Waals surface area contributed by atoms with Crippen molar-refractivity contribution in [3.63, 3.8) is 0 Å². The summed E-state index contributed by atoms with van der Waals surface area (Å²) in [5.41, 5.74) is -2.14. The molecule has 0 aromatic carbocycles. The van der Waals surface area contributed by atoms with Gasteiger partial charge in [-0.15, -0.1) is 11.6 Å². The van der Waals surface area contributed by atoms with Crippen molar-refractivity contribution >= 4 is 29.1 Å². The molecule has 0 aromatic heterocycles. The van der Waals surface area contributed by atoms with Crippen molar-refractivity contribution in [3.05, 3.63) is 23.8 Å². The lowest BCUT2D eigenvalue weighted by molar-refractivity contribution is -0.201. The zero-order valence-corrected chi connectivity index (χ0v) is 19.2. The SMILES string of the molecule is CC(=O)O[C@]1(C(=O)CO)C(C)C[C@H]2[C@@H]3CCC4=CC(=O)C=C[C@]4(C)[C@@]3(Cl)C(O)C[C@@]21C. The fourth-order valence-corrected chi connectivity index (χ4v) is 8.27. The van der Waals surface area contributed by atoms with Crippen molar-refractivity contribution in [2.75, 3.05) is 6.61 Å². The third-order valence-corrected chi connectivity index (χ3v) is 9.97. The highest BCUT2D eigenvalue weighted by Crippen LogP contribution is 2.72. The molecule has 2 N–H and O–H groups in total. The first-order valence-corrected chi connectivity index (χ1v) is 11.4. The Hall–Kier alpha value is -1.50. The van der Waals surface area contributed by atoms with Crippen LogP contribution in [-0.4, -0.2) is 50.9 Å². The minimum absolute atomic E-state index is 0.0711. The molecule has 170 valence electrons. The molecular formula is C24H31ClO6. The van der Waals surface area contributed by atoms with E-state index in [4.69, 9.17) is 16.3 Å². The van der Waals surface area contributed by atoms with E-state index in [1.54, 1.807) is 6.08 Å². The summed E-state index contributed by atoms with van der Waals surface area (Å²) in [5.74, 6) is -1.76. The predicted octanol–water partition coefficient (Wildman–Crippen LogP) is 2.74. The monoisotopic (exact) mass is 450 g/mol. The minimum atomic E-state index is -1.51. The first-order valence-electron chi connectivity index (χ1n) is 11.0. The number of halogens is 1. The van der Waals surface area contributed by atoms with Gasteiger partial charge in [-0.1, -0.05) is 32.4 Å². The number of fused-ring (bicyclic) bond motifs is 5. The molecule has 4 aliphatic carbocycles. The Morgan fingerprint density at radius 1 is 1.29 bits per heavy atom. The number of ketones is 2. The van der Waals surface area contributed by atoms with Gasteiger partial charge in [-0.2, -0.15) is 0 Å². The fraction of sp³-hybridized carbons (Fsp3) is 0.708. The minimum Gasteiger partial charge on any atom is -0.450 e. The lowest BCUT2D eigenvalue weighted by atomic mass is 9.45.